The van der Waals surface area contributed by atoms with E-state index in [1.807, 2.05) is 13.8 Å². The van der Waals surface area contributed by atoms with Crippen LogP contribution in [-0.2, 0) is 16.0 Å². The van der Waals surface area contributed by atoms with Crippen molar-refractivity contribution in [1.82, 2.24) is 0 Å². The van der Waals surface area contributed by atoms with E-state index >= 15 is 0 Å². The Labute approximate surface area is 123 Å². The Kier molecular flexibility index (Phi) is 5.95. The topological polar surface area (TPSA) is 35.5 Å². The highest BCUT2D eigenvalue weighted by atomic mass is 35.5. The fourth-order valence-corrected chi connectivity index (χ4v) is 2.16. The van der Waals surface area contributed by atoms with E-state index in [1.54, 1.807) is 26.0 Å². The van der Waals surface area contributed by atoms with Gasteiger partial charge in [0.15, 0.2) is 5.75 Å². The second-order valence-corrected chi connectivity index (χ2v) is 5.58. The molecular formula is C14H18Cl2O3. The second-order valence-electron chi connectivity index (χ2n) is 4.77. The number of halogens is 2. The molecule has 19 heavy (non-hydrogen) atoms. The van der Waals surface area contributed by atoms with Gasteiger partial charge >= 0.3 is 5.97 Å². The summed E-state index contributed by atoms with van der Waals surface area (Å²) < 4.78 is 10.6. The number of esters is 1. The predicted molar refractivity (Wildman–Crippen MR) is 77.2 cm³/mol. The molecule has 0 unspecified atom stereocenters. The summed E-state index contributed by atoms with van der Waals surface area (Å²) in [6.07, 6.45) is -0.0201. The average Bonchev–Trinajstić information content (AvgIpc) is 2.21. The van der Waals surface area contributed by atoms with Crippen LogP contribution in [0.4, 0.5) is 0 Å². The van der Waals surface area contributed by atoms with Crippen LogP contribution >= 0.6 is 23.2 Å². The molecule has 0 aliphatic carbocycles. The molecule has 0 spiro atoms. The first-order valence-corrected chi connectivity index (χ1v) is 6.89. The van der Waals surface area contributed by atoms with Crippen molar-refractivity contribution in [1.29, 1.82) is 0 Å². The highest BCUT2D eigenvalue weighted by Gasteiger charge is 2.14. The average molecular weight is 305 g/mol. The molecule has 0 radical (unpaired) electrons. The maximum absolute atomic E-state index is 11.6. The lowest BCUT2D eigenvalue weighted by molar-refractivity contribution is -0.146. The van der Waals surface area contributed by atoms with Crippen molar-refractivity contribution in [2.75, 3.05) is 0 Å². The Balaban J connectivity index is 2.86. The van der Waals surface area contributed by atoms with Crippen molar-refractivity contribution in [3.05, 3.63) is 27.7 Å². The molecule has 106 valence electrons. The van der Waals surface area contributed by atoms with E-state index in [0.29, 0.717) is 21.4 Å². The Morgan fingerprint density at radius 3 is 2.05 bits per heavy atom. The molecule has 1 aromatic carbocycles. The van der Waals surface area contributed by atoms with Gasteiger partial charge in [0.25, 0.3) is 0 Å². The molecule has 0 amide bonds. The van der Waals surface area contributed by atoms with E-state index in [0.717, 1.165) is 0 Å². The van der Waals surface area contributed by atoms with Gasteiger partial charge in [-0.2, -0.15) is 0 Å². The molecule has 0 fully saturated rings. The minimum Gasteiger partial charge on any atom is -0.488 e. The van der Waals surface area contributed by atoms with Gasteiger partial charge in [-0.1, -0.05) is 23.2 Å². The molecule has 0 N–H and O–H groups in total. The number of ether oxygens (including phenoxy) is 2. The summed E-state index contributed by atoms with van der Waals surface area (Å²) in [7, 11) is 0. The predicted octanol–water partition coefficient (Wildman–Crippen LogP) is 4.27. The smallest absolute Gasteiger partial charge is 0.310 e. The molecule has 0 saturated carbocycles. The van der Waals surface area contributed by atoms with Crippen molar-refractivity contribution in [2.45, 2.75) is 46.3 Å². The van der Waals surface area contributed by atoms with Crippen LogP contribution in [-0.4, -0.2) is 18.2 Å². The maximum Gasteiger partial charge on any atom is 0.310 e. The molecule has 0 aromatic heterocycles. The Hall–Kier alpha value is -0.930. The van der Waals surface area contributed by atoms with Crippen molar-refractivity contribution in [3.63, 3.8) is 0 Å². The van der Waals surface area contributed by atoms with Gasteiger partial charge < -0.3 is 9.47 Å². The zero-order valence-electron chi connectivity index (χ0n) is 11.5. The Morgan fingerprint density at radius 1 is 1.11 bits per heavy atom. The maximum atomic E-state index is 11.6. The minimum atomic E-state index is -0.306. The van der Waals surface area contributed by atoms with Crippen LogP contribution in [0.25, 0.3) is 0 Å². The summed E-state index contributed by atoms with van der Waals surface area (Å²) >= 11 is 12.2. The van der Waals surface area contributed by atoms with Crippen LogP contribution in [0.15, 0.2) is 12.1 Å². The monoisotopic (exact) mass is 304 g/mol. The first-order valence-electron chi connectivity index (χ1n) is 6.13. The van der Waals surface area contributed by atoms with Crippen molar-refractivity contribution in [2.24, 2.45) is 0 Å². The summed E-state index contributed by atoms with van der Waals surface area (Å²) in [5, 5.41) is 0.794. The van der Waals surface area contributed by atoms with E-state index in [2.05, 4.69) is 0 Å². The third kappa shape index (κ3) is 5.29. The molecule has 0 bridgehead atoms. The lowest BCUT2D eigenvalue weighted by Crippen LogP contribution is -2.13. The van der Waals surface area contributed by atoms with Crippen molar-refractivity contribution < 1.29 is 14.3 Å². The van der Waals surface area contributed by atoms with Gasteiger partial charge in [0.05, 0.1) is 28.7 Å². The molecule has 1 rings (SSSR count). The van der Waals surface area contributed by atoms with Crippen LogP contribution in [0, 0.1) is 0 Å². The summed E-state index contributed by atoms with van der Waals surface area (Å²) in [6.45, 7) is 7.38. The van der Waals surface area contributed by atoms with Gasteiger partial charge in [-0.15, -0.1) is 0 Å². The molecule has 0 aliphatic rings. The Morgan fingerprint density at radius 2 is 1.63 bits per heavy atom. The third-order valence-electron chi connectivity index (χ3n) is 2.13. The molecule has 1 aromatic rings. The van der Waals surface area contributed by atoms with Crippen LogP contribution in [0.2, 0.25) is 10.0 Å². The highest BCUT2D eigenvalue weighted by Crippen LogP contribution is 2.35. The number of rotatable bonds is 5. The zero-order valence-corrected chi connectivity index (χ0v) is 13.0. The van der Waals surface area contributed by atoms with Gasteiger partial charge in [0.1, 0.15) is 0 Å². The van der Waals surface area contributed by atoms with Crippen LogP contribution in [0.3, 0.4) is 0 Å². The van der Waals surface area contributed by atoms with E-state index in [1.165, 1.54) is 0 Å². The summed E-state index contributed by atoms with van der Waals surface area (Å²) in [5.74, 6) is 0.138. The SMILES string of the molecule is CC(C)OC(=O)Cc1cc(Cl)c(OC(C)C)c(Cl)c1. The third-order valence-corrected chi connectivity index (χ3v) is 2.69. The largest absolute Gasteiger partial charge is 0.488 e. The zero-order chi connectivity index (χ0) is 14.6. The number of carbonyl (C=O) groups is 1. The molecule has 5 heteroatoms. The molecule has 0 atom stereocenters. The first kappa shape index (κ1) is 16.1. The van der Waals surface area contributed by atoms with Crippen LogP contribution in [0.1, 0.15) is 33.3 Å². The molecule has 3 nitrogen and oxygen atoms in total. The number of hydrogen-bond donors (Lipinski definition) is 0. The molecule has 0 heterocycles. The second kappa shape index (κ2) is 7.01. The van der Waals surface area contributed by atoms with Gasteiger partial charge in [-0.25, -0.2) is 0 Å². The van der Waals surface area contributed by atoms with Crippen LogP contribution in [0.5, 0.6) is 5.75 Å². The summed E-state index contributed by atoms with van der Waals surface area (Å²) in [4.78, 5) is 11.6. The molecule has 0 aliphatic heterocycles. The normalized spacial score (nSPS) is 10.9. The van der Waals surface area contributed by atoms with E-state index in [-0.39, 0.29) is 24.6 Å². The number of carbonyl (C=O) groups excluding carboxylic acids is 1. The van der Waals surface area contributed by atoms with E-state index in [9.17, 15) is 4.79 Å². The quantitative estimate of drug-likeness (QED) is 0.762. The van der Waals surface area contributed by atoms with E-state index < -0.39 is 0 Å². The van der Waals surface area contributed by atoms with Gasteiger partial charge in [-0.05, 0) is 45.4 Å². The Bertz CT molecular complexity index is 433. The fourth-order valence-electron chi connectivity index (χ4n) is 1.53. The lowest BCUT2D eigenvalue weighted by atomic mass is 10.1. The fraction of sp³-hybridized carbons (Fsp3) is 0.500. The molecule has 0 saturated heterocycles. The van der Waals surface area contributed by atoms with Gasteiger partial charge in [0.2, 0.25) is 0 Å². The first-order chi connectivity index (χ1) is 8.79. The highest BCUT2D eigenvalue weighted by molar-refractivity contribution is 6.37. The van der Waals surface area contributed by atoms with Gasteiger partial charge in [0, 0.05) is 0 Å². The van der Waals surface area contributed by atoms with E-state index in [4.69, 9.17) is 32.7 Å². The standard InChI is InChI=1S/C14H18Cl2O3/c1-8(2)18-13(17)7-10-5-11(15)14(12(16)6-10)19-9(3)4/h5-6,8-9H,7H2,1-4H3. The summed E-state index contributed by atoms with van der Waals surface area (Å²) in [6, 6.07) is 3.35. The summed E-state index contributed by atoms with van der Waals surface area (Å²) in [5.41, 5.74) is 0.705. The number of benzene rings is 1. The minimum absolute atomic E-state index is 0.0215. The van der Waals surface area contributed by atoms with Crippen LogP contribution < -0.4 is 4.74 Å². The van der Waals surface area contributed by atoms with Gasteiger partial charge in [-0.3, -0.25) is 4.79 Å². The molecular weight excluding hydrogens is 287 g/mol. The van der Waals surface area contributed by atoms with Crippen molar-refractivity contribution >= 4 is 29.2 Å². The van der Waals surface area contributed by atoms with Crippen molar-refractivity contribution in [3.8, 4) is 5.75 Å². The lowest BCUT2D eigenvalue weighted by Gasteiger charge is -2.14. The number of hydrogen-bond acceptors (Lipinski definition) is 3.